The molecule has 0 unspecified atom stereocenters. The number of rotatable bonds is 16. The van der Waals surface area contributed by atoms with Crippen LogP contribution in [0, 0.1) is 0 Å². The molecule has 11 nitrogen and oxygen atoms in total. The Labute approximate surface area is 254 Å². The van der Waals surface area contributed by atoms with Crippen molar-refractivity contribution in [2.75, 3.05) is 32.5 Å². The summed E-state index contributed by atoms with van der Waals surface area (Å²) < 4.78 is 27.9. The SMILES string of the molecule is CCCN(CCC)Cc1ccc(NC(=O)c2ccc(CN(Cc3ncc[nH]3)Cc3nccn3S(=O)(=O)N(C)C)cc2)cc1. The van der Waals surface area contributed by atoms with Crippen LogP contribution in [0.15, 0.2) is 73.3 Å². The molecule has 0 aliphatic heterocycles. The lowest BCUT2D eigenvalue weighted by atomic mass is 10.1. The van der Waals surface area contributed by atoms with E-state index >= 15 is 0 Å². The zero-order valence-electron chi connectivity index (χ0n) is 25.4. The average molecular weight is 607 g/mol. The third kappa shape index (κ3) is 8.83. The molecule has 1 amide bonds. The summed E-state index contributed by atoms with van der Waals surface area (Å²) in [5, 5.41) is 2.99. The molecule has 0 saturated carbocycles. The van der Waals surface area contributed by atoms with Crippen LogP contribution in [-0.2, 0) is 36.4 Å². The van der Waals surface area contributed by atoms with Crippen molar-refractivity contribution in [3.05, 3.63) is 102 Å². The van der Waals surface area contributed by atoms with Crippen molar-refractivity contribution in [1.82, 2.24) is 33.0 Å². The quantitative estimate of drug-likeness (QED) is 0.195. The van der Waals surface area contributed by atoms with Crippen LogP contribution in [0.2, 0.25) is 0 Å². The molecule has 0 aliphatic carbocycles. The minimum Gasteiger partial charge on any atom is -0.348 e. The van der Waals surface area contributed by atoms with Gasteiger partial charge in [-0.25, -0.2) is 13.9 Å². The van der Waals surface area contributed by atoms with Gasteiger partial charge >= 0.3 is 10.2 Å². The monoisotopic (exact) mass is 606 g/mol. The van der Waals surface area contributed by atoms with Gasteiger partial charge in [0.15, 0.2) is 0 Å². The first-order valence-corrected chi connectivity index (χ1v) is 16.0. The molecule has 230 valence electrons. The van der Waals surface area contributed by atoms with Crippen LogP contribution in [-0.4, -0.2) is 74.5 Å². The number of anilines is 1. The van der Waals surface area contributed by atoms with Crippen molar-refractivity contribution < 1.29 is 13.2 Å². The number of imidazole rings is 2. The van der Waals surface area contributed by atoms with E-state index < -0.39 is 10.2 Å². The molecule has 2 heterocycles. The van der Waals surface area contributed by atoms with Crippen LogP contribution in [0.5, 0.6) is 0 Å². The fourth-order valence-electron chi connectivity index (χ4n) is 4.86. The van der Waals surface area contributed by atoms with E-state index in [0.29, 0.717) is 24.5 Å². The maximum atomic E-state index is 13.0. The smallest absolute Gasteiger partial charge is 0.308 e. The molecule has 0 bridgehead atoms. The van der Waals surface area contributed by atoms with Gasteiger partial charge < -0.3 is 10.3 Å². The molecular weight excluding hydrogens is 564 g/mol. The normalized spacial score (nSPS) is 12.0. The zero-order valence-corrected chi connectivity index (χ0v) is 26.2. The second-order valence-electron chi connectivity index (χ2n) is 10.7. The highest BCUT2D eigenvalue weighted by atomic mass is 32.2. The number of benzene rings is 2. The first-order valence-electron chi connectivity index (χ1n) is 14.6. The lowest BCUT2D eigenvalue weighted by molar-refractivity contribution is 0.102. The van der Waals surface area contributed by atoms with E-state index in [1.807, 2.05) is 29.2 Å². The van der Waals surface area contributed by atoms with Crippen molar-refractivity contribution in [3.8, 4) is 0 Å². The van der Waals surface area contributed by atoms with Crippen molar-refractivity contribution in [3.63, 3.8) is 0 Å². The summed E-state index contributed by atoms with van der Waals surface area (Å²) in [5.41, 5.74) is 3.49. The Morgan fingerprint density at radius 2 is 1.47 bits per heavy atom. The van der Waals surface area contributed by atoms with Crippen LogP contribution in [0.1, 0.15) is 59.8 Å². The first-order chi connectivity index (χ1) is 20.7. The van der Waals surface area contributed by atoms with Gasteiger partial charge in [0.25, 0.3) is 5.91 Å². The van der Waals surface area contributed by atoms with Gasteiger partial charge in [-0.1, -0.05) is 38.1 Å². The second-order valence-corrected chi connectivity index (χ2v) is 12.8. The van der Waals surface area contributed by atoms with Gasteiger partial charge in [0.1, 0.15) is 11.6 Å². The number of hydrogen-bond acceptors (Lipinski definition) is 7. The average Bonchev–Trinajstić information content (AvgIpc) is 3.67. The first kappa shape index (κ1) is 32.1. The Morgan fingerprint density at radius 3 is 2.05 bits per heavy atom. The molecule has 0 spiro atoms. The maximum absolute atomic E-state index is 13.0. The molecule has 43 heavy (non-hydrogen) atoms. The van der Waals surface area contributed by atoms with Crippen LogP contribution in [0.25, 0.3) is 0 Å². The number of hydrogen-bond donors (Lipinski definition) is 2. The van der Waals surface area contributed by atoms with E-state index in [1.165, 1.54) is 36.0 Å². The number of nitrogens with one attached hydrogen (secondary N) is 2. The Hall–Kier alpha value is -3.84. The van der Waals surface area contributed by atoms with Crippen molar-refractivity contribution in [1.29, 1.82) is 0 Å². The van der Waals surface area contributed by atoms with Gasteiger partial charge in [0.05, 0.1) is 13.1 Å². The van der Waals surface area contributed by atoms with Crippen LogP contribution in [0.4, 0.5) is 5.69 Å². The van der Waals surface area contributed by atoms with Gasteiger partial charge in [0, 0.05) is 63.2 Å². The third-order valence-electron chi connectivity index (χ3n) is 7.00. The number of carbonyl (C=O) groups excluding carboxylic acids is 1. The number of carbonyl (C=O) groups is 1. The number of aromatic amines is 1. The molecule has 12 heteroatoms. The molecule has 0 aliphatic rings. The second kappa shape index (κ2) is 15.1. The van der Waals surface area contributed by atoms with Crippen molar-refractivity contribution in [2.24, 2.45) is 0 Å². The van der Waals surface area contributed by atoms with Crippen LogP contribution >= 0.6 is 0 Å². The lowest BCUT2D eigenvalue weighted by Gasteiger charge is -2.22. The standard InChI is InChI=1S/C31H42N8O3S/c1-5-18-37(19-6-2)21-26-9-13-28(14-10-26)35-31(40)27-11-7-25(8-12-27)22-38(23-29-32-15-16-33-29)24-30-34-17-20-39(30)43(41,42)36(3)4/h7-17,20H,5-6,18-19,21-24H2,1-4H3,(H,32,33)(H,35,40). The summed E-state index contributed by atoms with van der Waals surface area (Å²) >= 11 is 0. The Morgan fingerprint density at radius 1 is 0.837 bits per heavy atom. The predicted octanol–water partition coefficient (Wildman–Crippen LogP) is 4.34. The summed E-state index contributed by atoms with van der Waals surface area (Å²) in [6, 6.07) is 15.5. The molecule has 0 fully saturated rings. The molecule has 2 aromatic heterocycles. The van der Waals surface area contributed by atoms with E-state index in [2.05, 4.69) is 51.1 Å². The fraction of sp³-hybridized carbons (Fsp3) is 0.387. The van der Waals surface area contributed by atoms with Crippen molar-refractivity contribution >= 4 is 21.8 Å². The van der Waals surface area contributed by atoms with Crippen molar-refractivity contribution in [2.45, 2.75) is 52.9 Å². The Balaban J connectivity index is 1.41. The van der Waals surface area contributed by atoms with Gasteiger partial charge in [-0.3, -0.25) is 14.6 Å². The summed E-state index contributed by atoms with van der Waals surface area (Å²) in [5.74, 6) is 0.964. The molecular formula is C31H42N8O3S. The Kier molecular flexibility index (Phi) is 11.2. The molecule has 2 N–H and O–H groups in total. The number of amides is 1. The van der Waals surface area contributed by atoms with E-state index in [0.717, 1.165) is 53.9 Å². The summed E-state index contributed by atoms with van der Waals surface area (Å²) in [6.45, 7) is 8.67. The van der Waals surface area contributed by atoms with Crippen LogP contribution in [0.3, 0.4) is 0 Å². The highest BCUT2D eigenvalue weighted by Gasteiger charge is 2.22. The summed E-state index contributed by atoms with van der Waals surface area (Å²) in [6.07, 6.45) is 8.61. The predicted molar refractivity (Wildman–Crippen MR) is 168 cm³/mol. The van der Waals surface area contributed by atoms with Crippen LogP contribution < -0.4 is 5.32 Å². The molecule has 4 rings (SSSR count). The number of aromatic nitrogens is 4. The van der Waals surface area contributed by atoms with Gasteiger partial charge in [-0.15, -0.1) is 0 Å². The molecule has 0 atom stereocenters. The minimum atomic E-state index is -3.71. The minimum absolute atomic E-state index is 0.179. The summed E-state index contributed by atoms with van der Waals surface area (Å²) in [4.78, 5) is 29.2. The van der Waals surface area contributed by atoms with Gasteiger partial charge in [-0.05, 0) is 61.3 Å². The molecule has 2 aromatic carbocycles. The lowest BCUT2D eigenvalue weighted by Crippen LogP contribution is -2.32. The zero-order chi connectivity index (χ0) is 30.8. The molecule has 4 aromatic rings. The maximum Gasteiger partial charge on any atom is 0.308 e. The number of nitrogens with zero attached hydrogens (tertiary/aromatic N) is 6. The summed E-state index contributed by atoms with van der Waals surface area (Å²) in [7, 11) is -0.732. The van der Waals surface area contributed by atoms with Gasteiger partial charge in [0.2, 0.25) is 0 Å². The van der Waals surface area contributed by atoms with E-state index in [9.17, 15) is 13.2 Å². The number of H-pyrrole nitrogens is 1. The molecule has 0 saturated heterocycles. The Bertz CT molecular complexity index is 1530. The van der Waals surface area contributed by atoms with E-state index in [-0.39, 0.29) is 12.5 Å². The highest BCUT2D eigenvalue weighted by Crippen LogP contribution is 2.17. The largest absolute Gasteiger partial charge is 0.348 e. The van der Waals surface area contributed by atoms with E-state index in [4.69, 9.17) is 0 Å². The van der Waals surface area contributed by atoms with E-state index in [1.54, 1.807) is 24.5 Å². The third-order valence-corrected chi connectivity index (χ3v) is 8.76. The highest BCUT2D eigenvalue weighted by molar-refractivity contribution is 7.87. The fourth-order valence-corrected chi connectivity index (χ4v) is 5.79. The molecule has 0 radical (unpaired) electrons. The van der Waals surface area contributed by atoms with Gasteiger partial charge in [-0.2, -0.15) is 12.7 Å². The topological polar surface area (TPSA) is 119 Å².